The number of hydrogen-bond acceptors (Lipinski definition) is 3. The minimum atomic E-state index is -0.0240. The molecule has 1 atom stereocenters. The van der Waals surface area contributed by atoms with Crippen LogP contribution in [-0.4, -0.2) is 37.6 Å². The second-order valence-electron chi connectivity index (χ2n) is 3.35. The molecular formula is C13H29NO2. The highest BCUT2D eigenvalue weighted by Gasteiger charge is 2.24. The molecule has 3 heteroatoms. The summed E-state index contributed by atoms with van der Waals surface area (Å²) in [6, 6.07) is 0. The lowest BCUT2D eigenvalue weighted by molar-refractivity contribution is -0.149. The number of ether oxygens (including phenoxy) is 1. The number of carbonyl (C=O) groups excluding carboxylic acids is 1. The van der Waals surface area contributed by atoms with Gasteiger partial charge in [-0.2, -0.15) is 0 Å². The Morgan fingerprint density at radius 1 is 1.31 bits per heavy atom. The second-order valence-corrected chi connectivity index (χ2v) is 3.35. The van der Waals surface area contributed by atoms with Crippen molar-refractivity contribution in [3.05, 3.63) is 0 Å². The molecule has 1 aliphatic rings. The van der Waals surface area contributed by atoms with E-state index < -0.39 is 0 Å². The number of carbonyl (C=O) groups is 1. The summed E-state index contributed by atoms with van der Waals surface area (Å²) in [5, 5.41) is 0. The smallest absolute Gasteiger partial charge is 0.310 e. The van der Waals surface area contributed by atoms with E-state index in [2.05, 4.69) is 4.90 Å². The van der Waals surface area contributed by atoms with Gasteiger partial charge in [0.05, 0.1) is 12.5 Å². The van der Waals surface area contributed by atoms with Gasteiger partial charge < -0.3 is 9.64 Å². The van der Waals surface area contributed by atoms with Crippen LogP contribution in [0.25, 0.3) is 0 Å². The Labute approximate surface area is 101 Å². The molecule has 0 spiro atoms. The van der Waals surface area contributed by atoms with Crippen LogP contribution >= 0.6 is 0 Å². The van der Waals surface area contributed by atoms with E-state index in [0.717, 1.165) is 25.9 Å². The summed E-state index contributed by atoms with van der Waals surface area (Å²) >= 11 is 0. The third-order valence-electron chi connectivity index (χ3n) is 2.24. The Morgan fingerprint density at radius 2 is 1.88 bits per heavy atom. The molecule has 0 aromatic rings. The molecule has 98 valence electrons. The molecule has 0 aromatic carbocycles. The van der Waals surface area contributed by atoms with E-state index in [0.29, 0.717) is 6.61 Å². The SMILES string of the molecule is CC.CC.CCOC(=O)C1CCCN(C)C1. The van der Waals surface area contributed by atoms with Gasteiger partial charge in [0, 0.05) is 6.54 Å². The zero-order valence-electron chi connectivity index (χ0n) is 11.9. The number of piperidine rings is 1. The maximum atomic E-state index is 11.3. The molecule has 0 aromatic heterocycles. The molecule has 0 saturated carbocycles. The molecule has 0 amide bonds. The van der Waals surface area contributed by atoms with Gasteiger partial charge in [-0.05, 0) is 33.4 Å². The van der Waals surface area contributed by atoms with Crippen LogP contribution in [-0.2, 0) is 9.53 Å². The Morgan fingerprint density at radius 3 is 2.31 bits per heavy atom. The van der Waals surface area contributed by atoms with Gasteiger partial charge in [-0.3, -0.25) is 4.79 Å². The zero-order chi connectivity index (χ0) is 13.0. The van der Waals surface area contributed by atoms with Crippen LogP contribution in [0.15, 0.2) is 0 Å². The van der Waals surface area contributed by atoms with E-state index in [1.807, 2.05) is 41.7 Å². The van der Waals surface area contributed by atoms with E-state index >= 15 is 0 Å². The van der Waals surface area contributed by atoms with Crippen molar-refractivity contribution in [2.75, 3.05) is 26.7 Å². The van der Waals surface area contributed by atoms with Crippen molar-refractivity contribution < 1.29 is 9.53 Å². The average molecular weight is 231 g/mol. The van der Waals surface area contributed by atoms with E-state index in [1.54, 1.807) is 0 Å². The van der Waals surface area contributed by atoms with Crippen molar-refractivity contribution >= 4 is 5.97 Å². The summed E-state index contributed by atoms with van der Waals surface area (Å²) in [4.78, 5) is 13.5. The fourth-order valence-corrected chi connectivity index (χ4v) is 1.62. The fraction of sp³-hybridized carbons (Fsp3) is 0.923. The molecule has 1 fully saturated rings. The van der Waals surface area contributed by atoms with Gasteiger partial charge in [0.25, 0.3) is 0 Å². The summed E-state index contributed by atoms with van der Waals surface area (Å²) < 4.78 is 4.96. The average Bonchev–Trinajstić information content (AvgIpc) is 2.34. The third-order valence-corrected chi connectivity index (χ3v) is 2.24. The summed E-state index contributed by atoms with van der Waals surface area (Å²) in [5.74, 6) is 0.0905. The molecule has 1 unspecified atom stereocenters. The van der Waals surface area contributed by atoms with Crippen molar-refractivity contribution in [3.63, 3.8) is 0 Å². The monoisotopic (exact) mass is 231 g/mol. The van der Waals surface area contributed by atoms with Crippen molar-refractivity contribution in [3.8, 4) is 0 Å². The first-order valence-electron chi connectivity index (χ1n) is 6.59. The van der Waals surface area contributed by atoms with E-state index in [4.69, 9.17) is 4.74 Å². The fourth-order valence-electron chi connectivity index (χ4n) is 1.62. The number of nitrogens with zero attached hydrogens (tertiary/aromatic N) is 1. The highest BCUT2D eigenvalue weighted by atomic mass is 16.5. The summed E-state index contributed by atoms with van der Waals surface area (Å²) in [5.41, 5.74) is 0. The van der Waals surface area contributed by atoms with Gasteiger partial charge in [0.2, 0.25) is 0 Å². The van der Waals surface area contributed by atoms with Gasteiger partial charge in [0.1, 0.15) is 0 Å². The normalized spacial score (nSPS) is 19.8. The Balaban J connectivity index is 0. The largest absolute Gasteiger partial charge is 0.466 e. The highest BCUT2D eigenvalue weighted by Crippen LogP contribution is 2.16. The molecule has 16 heavy (non-hydrogen) atoms. The van der Waals surface area contributed by atoms with Crippen LogP contribution in [0, 0.1) is 5.92 Å². The quantitative estimate of drug-likeness (QED) is 0.684. The molecule has 0 radical (unpaired) electrons. The number of esters is 1. The van der Waals surface area contributed by atoms with Crippen LogP contribution in [0.2, 0.25) is 0 Å². The molecule has 1 saturated heterocycles. The minimum Gasteiger partial charge on any atom is -0.466 e. The van der Waals surface area contributed by atoms with Gasteiger partial charge in [0.15, 0.2) is 0 Å². The predicted molar refractivity (Wildman–Crippen MR) is 69.6 cm³/mol. The lowest BCUT2D eigenvalue weighted by atomic mass is 9.99. The number of hydrogen-bond donors (Lipinski definition) is 0. The van der Waals surface area contributed by atoms with Crippen LogP contribution < -0.4 is 0 Å². The van der Waals surface area contributed by atoms with Crippen LogP contribution in [0.3, 0.4) is 0 Å². The number of rotatable bonds is 2. The lowest BCUT2D eigenvalue weighted by Gasteiger charge is -2.27. The maximum Gasteiger partial charge on any atom is 0.310 e. The zero-order valence-corrected chi connectivity index (χ0v) is 11.9. The predicted octanol–water partition coefficient (Wildman–Crippen LogP) is 2.94. The van der Waals surface area contributed by atoms with Crippen molar-refractivity contribution in [2.45, 2.75) is 47.5 Å². The standard InChI is InChI=1S/C9H17NO2.2C2H6/c1-3-12-9(11)8-5-4-6-10(2)7-8;2*1-2/h8H,3-7H2,1-2H3;2*1-2H3. The lowest BCUT2D eigenvalue weighted by Crippen LogP contribution is -2.36. The van der Waals surface area contributed by atoms with Gasteiger partial charge in [-0.15, -0.1) is 0 Å². The summed E-state index contributed by atoms with van der Waals surface area (Å²) in [6.07, 6.45) is 2.10. The Hall–Kier alpha value is -0.570. The molecule has 1 rings (SSSR count). The second kappa shape index (κ2) is 12.5. The molecule has 0 aliphatic carbocycles. The van der Waals surface area contributed by atoms with E-state index in [9.17, 15) is 4.79 Å². The first kappa shape index (κ1) is 17.8. The molecule has 0 bridgehead atoms. The van der Waals surface area contributed by atoms with Gasteiger partial charge >= 0.3 is 5.97 Å². The van der Waals surface area contributed by atoms with E-state index in [-0.39, 0.29) is 11.9 Å². The summed E-state index contributed by atoms with van der Waals surface area (Å²) in [6.45, 7) is 12.3. The highest BCUT2D eigenvalue weighted by molar-refractivity contribution is 5.72. The van der Waals surface area contributed by atoms with Crippen LogP contribution in [0.4, 0.5) is 0 Å². The van der Waals surface area contributed by atoms with Crippen molar-refractivity contribution in [1.29, 1.82) is 0 Å². The molecule has 3 nitrogen and oxygen atoms in total. The van der Waals surface area contributed by atoms with Gasteiger partial charge in [-0.25, -0.2) is 0 Å². The topological polar surface area (TPSA) is 29.5 Å². The molecular weight excluding hydrogens is 202 g/mol. The van der Waals surface area contributed by atoms with Crippen molar-refractivity contribution in [2.24, 2.45) is 5.92 Å². The van der Waals surface area contributed by atoms with Gasteiger partial charge in [-0.1, -0.05) is 27.7 Å². The first-order valence-corrected chi connectivity index (χ1v) is 6.59. The summed E-state index contributed by atoms with van der Waals surface area (Å²) in [7, 11) is 2.05. The van der Waals surface area contributed by atoms with E-state index in [1.165, 1.54) is 0 Å². The Kier molecular flexibility index (Phi) is 13.9. The molecule has 1 aliphatic heterocycles. The Bertz CT molecular complexity index is 160. The maximum absolute atomic E-state index is 11.3. The third kappa shape index (κ3) is 7.69. The first-order chi connectivity index (χ1) is 7.74. The number of likely N-dealkylation sites (tertiary alicyclic amines) is 1. The molecule has 1 heterocycles. The van der Waals surface area contributed by atoms with Crippen molar-refractivity contribution in [1.82, 2.24) is 4.90 Å². The minimum absolute atomic E-state index is 0.0240. The van der Waals surface area contributed by atoms with Crippen LogP contribution in [0.5, 0.6) is 0 Å². The van der Waals surface area contributed by atoms with Crippen LogP contribution in [0.1, 0.15) is 47.5 Å². The molecule has 0 N–H and O–H groups in total.